The molecule has 0 aliphatic heterocycles. The highest BCUT2D eigenvalue weighted by molar-refractivity contribution is 7.46. The molecule has 0 aromatic heterocycles. The highest BCUT2D eigenvalue weighted by Gasteiger charge is 2.22. The maximum atomic E-state index is 10.4. The van der Waals surface area contributed by atoms with Crippen LogP contribution in [0.1, 0.15) is 20.8 Å². The molecule has 0 aromatic rings. The van der Waals surface area contributed by atoms with Gasteiger partial charge in [-0.3, -0.25) is 4.52 Å². The monoisotopic (exact) mass is 228 g/mol. The van der Waals surface area contributed by atoms with E-state index in [2.05, 4.69) is 4.52 Å². The number of hydrogen-bond acceptors (Lipinski definition) is 4. The van der Waals surface area contributed by atoms with Crippen molar-refractivity contribution >= 4 is 7.82 Å². The van der Waals surface area contributed by atoms with Crippen LogP contribution in [0.4, 0.5) is 0 Å². The fourth-order valence-corrected chi connectivity index (χ4v) is 1.26. The lowest BCUT2D eigenvalue weighted by Crippen LogP contribution is -2.29. The van der Waals surface area contributed by atoms with E-state index in [1.54, 1.807) is 13.8 Å². The Morgan fingerprint density at radius 1 is 1.14 bits per heavy atom. The molecule has 0 saturated carbocycles. The van der Waals surface area contributed by atoms with Crippen molar-refractivity contribution in [3.63, 3.8) is 0 Å². The van der Waals surface area contributed by atoms with Crippen molar-refractivity contribution in [3.8, 4) is 0 Å². The number of phosphoric ester groups is 1. The maximum Gasteiger partial charge on any atom is 0.471 e. The molecular weight excluding hydrogens is 211 g/mol. The molecule has 3 atom stereocenters. The quantitative estimate of drug-likeness (QED) is 0.518. The SMILES string of the molecule is COC(C)C(C)OC(C)OP(=O)(O)O. The lowest BCUT2D eigenvalue weighted by Gasteiger charge is -2.23. The molecule has 0 rings (SSSR count). The van der Waals surface area contributed by atoms with Crippen molar-refractivity contribution in [1.82, 2.24) is 0 Å². The minimum Gasteiger partial charge on any atom is -0.379 e. The van der Waals surface area contributed by atoms with Gasteiger partial charge in [0.15, 0.2) is 6.29 Å². The van der Waals surface area contributed by atoms with Crippen molar-refractivity contribution in [2.24, 2.45) is 0 Å². The fourth-order valence-electron chi connectivity index (χ4n) is 0.823. The van der Waals surface area contributed by atoms with Gasteiger partial charge in [0.25, 0.3) is 0 Å². The van der Waals surface area contributed by atoms with Gasteiger partial charge in [-0.05, 0) is 20.8 Å². The van der Waals surface area contributed by atoms with Gasteiger partial charge in [0.2, 0.25) is 0 Å². The van der Waals surface area contributed by atoms with E-state index in [4.69, 9.17) is 19.3 Å². The first-order valence-corrected chi connectivity index (χ1v) is 5.71. The lowest BCUT2D eigenvalue weighted by molar-refractivity contribution is -0.144. The molecule has 0 aliphatic carbocycles. The molecule has 6 nitrogen and oxygen atoms in total. The molecule has 0 spiro atoms. The summed E-state index contributed by atoms with van der Waals surface area (Å²) in [6, 6.07) is 0. The molecule has 2 N–H and O–H groups in total. The molecule has 0 aromatic carbocycles. The third-order valence-corrected chi connectivity index (χ3v) is 2.30. The summed E-state index contributed by atoms with van der Waals surface area (Å²) in [6.45, 7) is 4.93. The Kier molecular flexibility index (Phi) is 5.81. The van der Waals surface area contributed by atoms with E-state index in [0.29, 0.717) is 0 Å². The second kappa shape index (κ2) is 5.80. The zero-order valence-electron chi connectivity index (χ0n) is 8.71. The number of hydrogen-bond donors (Lipinski definition) is 2. The van der Waals surface area contributed by atoms with Gasteiger partial charge in [0.1, 0.15) is 0 Å². The molecule has 3 unspecified atom stereocenters. The average Bonchev–Trinajstić information content (AvgIpc) is 1.99. The maximum absolute atomic E-state index is 10.4. The summed E-state index contributed by atoms with van der Waals surface area (Å²) in [6.07, 6.45) is -1.44. The smallest absolute Gasteiger partial charge is 0.379 e. The molecule has 0 radical (unpaired) electrons. The summed E-state index contributed by atoms with van der Waals surface area (Å²) in [5.41, 5.74) is 0. The Hall–Kier alpha value is 0.0300. The van der Waals surface area contributed by atoms with Crippen molar-refractivity contribution in [2.75, 3.05) is 7.11 Å². The van der Waals surface area contributed by atoms with Gasteiger partial charge in [-0.2, -0.15) is 0 Å². The molecule has 0 heterocycles. The van der Waals surface area contributed by atoms with Crippen molar-refractivity contribution in [2.45, 2.75) is 39.3 Å². The first-order chi connectivity index (χ1) is 6.26. The Bertz CT molecular complexity index is 202. The minimum absolute atomic E-state index is 0.169. The number of rotatable bonds is 6. The van der Waals surface area contributed by atoms with E-state index >= 15 is 0 Å². The van der Waals surface area contributed by atoms with Gasteiger partial charge in [-0.15, -0.1) is 0 Å². The second-order valence-corrected chi connectivity index (χ2v) is 4.14. The average molecular weight is 228 g/mol. The Labute approximate surface area is 83.4 Å². The summed E-state index contributed by atoms with van der Waals surface area (Å²) in [7, 11) is -2.96. The van der Waals surface area contributed by atoms with Crippen LogP contribution in [-0.4, -0.2) is 35.4 Å². The predicted octanol–water partition coefficient (Wildman–Crippen LogP) is 0.882. The van der Waals surface area contributed by atoms with E-state index in [1.807, 2.05) is 0 Å². The van der Waals surface area contributed by atoms with Gasteiger partial charge in [-0.25, -0.2) is 4.57 Å². The second-order valence-electron chi connectivity index (χ2n) is 2.95. The van der Waals surface area contributed by atoms with Gasteiger partial charge in [0.05, 0.1) is 12.2 Å². The van der Waals surface area contributed by atoms with Crippen LogP contribution in [0.3, 0.4) is 0 Å². The van der Waals surface area contributed by atoms with Crippen LogP contribution in [-0.2, 0) is 18.6 Å². The van der Waals surface area contributed by atoms with Crippen molar-refractivity contribution in [1.29, 1.82) is 0 Å². The first kappa shape index (κ1) is 14.0. The van der Waals surface area contributed by atoms with Crippen LogP contribution in [0.5, 0.6) is 0 Å². The zero-order chi connectivity index (χ0) is 11.4. The molecule has 86 valence electrons. The molecule has 0 bridgehead atoms. The van der Waals surface area contributed by atoms with Gasteiger partial charge >= 0.3 is 7.82 Å². The Morgan fingerprint density at radius 2 is 1.64 bits per heavy atom. The van der Waals surface area contributed by atoms with Crippen LogP contribution in [0.15, 0.2) is 0 Å². The van der Waals surface area contributed by atoms with E-state index in [9.17, 15) is 4.57 Å². The van der Waals surface area contributed by atoms with Crippen molar-refractivity contribution < 1.29 is 28.3 Å². The van der Waals surface area contributed by atoms with Gasteiger partial charge in [0, 0.05) is 7.11 Å². The number of phosphoric acid groups is 1. The minimum atomic E-state index is -4.48. The van der Waals surface area contributed by atoms with Crippen molar-refractivity contribution in [3.05, 3.63) is 0 Å². The third kappa shape index (κ3) is 6.48. The van der Waals surface area contributed by atoms with E-state index in [1.165, 1.54) is 14.0 Å². The zero-order valence-corrected chi connectivity index (χ0v) is 9.60. The molecule has 7 heteroatoms. The third-order valence-electron chi connectivity index (χ3n) is 1.72. The Balaban J connectivity index is 3.94. The molecule has 0 fully saturated rings. The standard InChI is InChI=1S/C7H17O6P/c1-5(11-4)6(2)12-7(3)13-14(8,9)10/h5-7H,1-4H3,(H2,8,9,10). The fraction of sp³-hybridized carbons (Fsp3) is 1.00. The summed E-state index contributed by atoms with van der Waals surface area (Å²) >= 11 is 0. The summed E-state index contributed by atoms with van der Waals surface area (Å²) in [4.78, 5) is 16.9. The van der Waals surface area contributed by atoms with Crippen LogP contribution in [0.25, 0.3) is 0 Å². The normalized spacial score (nSPS) is 19.0. The molecule has 0 aliphatic rings. The van der Waals surface area contributed by atoms with Gasteiger partial charge in [-0.1, -0.05) is 0 Å². The van der Waals surface area contributed by atoms with Crippen LogP contribution >= 0.6 is 7.82 Å². The lowest BCUT2D eigenvalue weighted by atomic mass is 10.2. The van der Waals surface area contributed by atoms with Crippen LogP contribution < -0.4 is 0 Å². The van der Waals surface area contributed by atoms with Crippen LogP contribution in [0, 0.1) is 0 Å². The molecule has 0 amide bonds. The highest BCUT2D eigenvalue weighted by atomic mass is 31.2. The number of methoxy groups -OCH3 is 1. The van der Waals surface area contributed by atoms with Gasteiger partial charge < -0.3 is 19.3 Å². The molecular formula is C7H17O6P. The molecule has 14 heavy (non-hydrogen) atoms. The largest absolute Gasteiger partial charge is 0.471 e. The highest BCUT2D eigenvalue weighted by Crippen LogP contribution is 2.37. The summed E-state index contributed by atoms with van der Waals surface area (Å²) < 4.78 is 24.8. The van der Waals surface area contributed by atoms with E-state index in [-0.39, 0.29) is 12.2 Å². The summed E-state index contributed by atoms with van der Waals surface area (Å²) in [5.74, 6) is 0. The first-order valence-electron chi connectivity index (χ1n) is 4.18. The predicted molar refractivity (Wildman–Crippen MR) is 49.6 cm³/mol. The Morgan fingerprint density at radius 3 is 2.00 bits per heavy atom. The molecule has 0 saturated heterocycles. The summed E-state index contributed by atoms with van der Waals surface area (Å²) in [5, 5.41) is 0. The number of ether oxygens (including phenoxy) is 2. The topological polar surface area (TPSA) is 85.2 Å². The van der Waals surface area contributed by atoms with E-state index < -0.39 is 14.1 Å². The van der Waals surface area contributed by atoms with Crippen LogP contribution in [0.2, 0.25) is 0 Å². The van der Waals surface area contributed by atoms with E-state index in [0.717, 1.165) is 0 Å².